The first-order valence-electron chi connectivity index (χ1n) is 7.74. The van der Waals surface area contributed by atoms with Gasteiger partial charge in [0, 0.05) is 10.8 Å². The quantitative estimate of drug-likeness (QED) is 0.442. The van der Waals surface area contributed by atoms with E-state index in [1.807, 2.05) is 24.3 Å². The first-order chi connectivity index (χ1) is 12.7. The molecule has 0 amide bonds. The lowest BCUT2D eigenvalue weighted by atomic mass is 10.1. The number of rotatable bonds is 2. The van der Waals surface area contributed by atoms with Gasteiger partial charge in [-0.1, -0.05) is 60.7 Å². The molecule has 26 heavy (non-hydrogen) atoms. The van der Waals surface area contributed by atoms with Crippen LogP contribution in [-0.2, 0) is 0 Å². The van der Waals surface area contributed by atoms with Gasteiger partial charge < -0.3 is 10.2 Å². The molecule has 4 aromatic carbocycles. The van der Waals surface area contributed by atoms with Crippen LogP contribution >= 0.6 is 0 Å². The van der Waals surface area contributed by atoms with Crippen LogP contribution in [0.3, 0.4) is 0 Å². The largest absolute Gasteiger partial charge is 0.506 e. The maximum Gasteiger partial charge on any atom is 0.157 e. The first kappa shape index (κ1) is 17.0. The van der Waals surface area contributed by atoms with Crippen molar-refractivity contribution in [3.8, 4) is 11.5 Å². The van der Waals surface area contributed by atoms with Crippen LogP contribution in [0.15, 0.2) is 83.2 Å². The van der Waals surface area contributed by atoms with E-state index in [0.717, 1.165) is 10.8 Å². The Morgan fingerprint density at radius 3 is 1.31 bits per heavy atom. The van der Waals surface area contributed by atoms with Crippen LogP contribution < -0.4 is 0 Å². The standard InChI is InChI=1S/2C10H7NO2/c2*12-9-6-5-7-3-1-2-4-8(7)10(9)11-13/h2*1-6,12H. The van der Waals surface area contributed by atoms with Crippen molar-refractivity contribution in [2.45, 2.75) is 0 Å². The van der Waals surface area contributed by atoms with Gasteiger partial charge >= 0.3 is 0 Å². The number of hydrogen-bond acceptors (Lipinski definition) is 6. The maximum atomic E-state index is 10.4. The van der Waals surface area contributed by atoms with E-state index in [9.17, 15) is 20.0 Å². The Kier molecular flexibility index (Phi) is 4.85. The highest BCUT2D eigenvalue weighted by Crippen LogP contribution is 2.35. The highest BCUT2D eigenvalue weighted by molar-refractivity contribution is 5.95. The lowest BCUT2D eigenvalue weighted by Gasteiger charge is -2.00. The van der Waals surface area contributed by atoms with Gasteiger partial charge in [0.1, 0.15) is 11.5 Å². The zero-order valence-electron chi connectivity index (χ0n) is 13.5. The summed E-state index contributed by atoms with van der Waals surface area (Å²) >= 11 is 0. The Bertz CT molecular complexity index is 1020. The minimum absolute atomic E-state index is 0.0753. The van der Waals surface area contributed by atoms with E-state index in [0.29, 0.717) is 10.8 Å². The molecular weight excluding hydrogens is 332 g/mol. The molecule has 2 N–H and O–H groups in total. The molecule has 0 fully saturated rings. The van der Waals surface area contributed by atoms with Crippen molar-refractivity contribution in [2.24, 2.45) is 10.4 Å². The van der Waals surface area contributed by atoms with Gasteiger partial charge in [-0.15, -0.1) is 9.81 Å². The Labute approximate surface area is 148 Å². The van der Waals surface area contributed by atoms with Gasteiger partial charge in [-0.3, -0.25) is 0 Å². The SMILES string of the molecule is O=Nc1c(O)ccc2ccccc12.O=Nc1c(O)ccc2ccccc12. The summed E-state index contributed by atoms with van der Waals surface area (Å²) in [5.74, 6) is -0.151. The molecule has 0 atom stereocenters. The third kappa shape index (κ3) is 3.21. The van der Waals surface area contributed by atoms with Crippen molar-refractivity contribution in [2.75, 3.05) is 0 Å². The van der Waals surface area contributed by atoms with Crippen LogP contribution in [0.2, 0.25) is 0 Å². The number of aromatic hydroxyl groups is 2. The van der Waals surface area contributed by atoms with Crippen molar-refractivity contribution in [3.05, 3.63) is 82.6 Å². The summed E-state index contributed by atoms with van der Waals surface area (Å²) in [5.41, 5.74) is 0.219. The summed E-state index contributed by atoms with van der Waals surface area (Å²) in [6.07, 6.45) is 0. The molecule has 6 nitrogen and oxygen atoms in total. The van der Waals surface area contributed by atoms with E-state index in [4.69, 9.17) is 0 Å². The van der Waals surface area contributed by atoms with Gasteiger partial charge in [0.25, 0.3) is 0 Å². The average Bonchev–Trinajstić information content (AvgIpc) is 2.68. The number of nitroso groups, excluding NO2 is 2. The third-order valence-corrected chi connectivity index (χ3v) is 3.94. The van der Waals surface area contributed by atoms with Gasteiger partial charge in [0.2, 0.25) is 0 Å². The lowest BCUT2D eigenvalue weighted by molar-refractivity contribution is 0.477. The van der Waals surface area contributed by atoms with E-state index in [1.54, 1.807) is 36.4 Å². The second kappa shape index (κ2) is 7.40. The molecule has 0 heterocycles. The van der Waals surface area contributed by atoms with E-state index >= 15 is 0 Å². The molecule has 0 aliphatic heterocycles. The van der Waals surface area contributed by atoms with Crippen molar-refractivity contribution < 1.29 is 10.2 Å². The van der Waals surface area contributed by atoms with Crippen molar-refractivity contribution in [1.82, 2.24) is 0 Å². The fraction of sp³-hybridized carbons (Fsp3) is 0. The molecule has 4 rings (SSSR count). The molecule has 0 aliphatic rings. The van der Waals surface area contributed by atoms with Crippen LogP contribution in [0.5, 0.6) is 11.5 Å². The van der Waals surface area contributed by atoms with Crippen LogP contribution in [0.1, 0.15) is 0 Å². The summed E-state index contributed by atoms with van der Waals surface area (Å²) < 4.78 is 0. The van der Waals surface area contributed by atoms with Crippen LogP contribution in [0.25, 0.3) is 21.5 Å². The summed E-state index contributed by atoms with van der Waals surface area (Å²) in [5, 5.41) is 27.4. The molecule has 0 radical (unpaired) electrons. The van der Waals surface area contributed by atoms with E-state index < -0.39 is 0 Å². The van der Waals surface area contributed by atoms with E-state index in [2.05, 4.69) is 10.4 Å². The maximum absolute atomic E-state index is 10.4. The van der Waals surface area contributed by atoms with E-state index in [1.165, 1.54) is 12.1 Å². The summed E-state index contributed by atoms with van der Waals surface area (Å²) in [6.45, 7) is 0. The monoisotopic (exact) mass is 346 g/mol. The van der Waals surface area contributed by atoms with Crippen molar-refractivity contribution >= 4 is 32.9 Å². The zero-order chi connectivity index (χ0) is 18.5. The number of fused-ring (bicyclic) bond motifs is 2. The number of benzene rings is 4. The molecule has 6 heteroatoms. The van der Waals surface area contributed by atoms with Crippen LogP contribution in [-0.4, -0.2) is 10.2 Å². The van der Waals surface area contributed by atoms with Gasteiger partial charge in [-0.25, -0.2) is 0 Å². The summed E-state index contributed by atoms with van der Waals surface area (Å²) in [4.78, 5) is 20.9. The minimum Gasteiger partial charge on any atom is -0.506 e. The Hall–Kier alpha value is -3.80. The molecule has 0 unspecified atom stereocenters. The molecule has 0 saturated carbocycles. The van der Waals surface area contributed by atoms with Crippen LogP contribution in [0, 0.1) is 9.81 Å². The van der Waals surface area contributed by atoms with Gasteiger partial charge in [-0.2, -0.15) is 0 Å². The number of phenolic OH excluding ortho intramolecular Hbond substituents is 2. The van der Waals surface area contributed by atoms with Crippen LogP contribution in [0.4, 0.5) is 11.4 Å². The minimum atomic E-state index is -0.0753. The van der Waals surface area contributed by atoms with Gasteiger partial charge in [0.05, 0.1) is 0 Å². The first-order valence-corrected chi connectivity index (χ1v) is 7.74. The Balaban J connectivity index is 0.000000151. The fourth-order valence-electron chi connectivity index (χ4n) is 2.68. The van der Waals surface area contributed by atoms with Gasteiger partial charge in [0.15, 0.2) is 11.4 Å². The molecule has 0 bridgehead atoms. The van der Waals surface area contributed by atoms with Crippen molar-refractivity contribution in [3.63, 3.8) is 0 Å². The highest BCUT2D eigenvalue weighted by atomic mass is 16.3. The molecular formula is C20H14N2O4. The fourth-order valence-corrected chi connectivity index (χ4v) is 2.68. The normalized spacial score (nSPS) is 10.2. The summed E-state index contributed by atoms with van der Waals surface area (Å²) in [7, 11) is 0. The van der Waals surface area contributed by atoms with E-state index in [-0.39, 0.29) is 22.9 Å². The topological polar surface area (TPSA) is 99.3 Å². The predicted octanol–water partition coefficient (Wildman–Crippen LogP) is 5.89. The third-order valence-electron chi connectivity index (χ3n) is 3.94. The number of nitrogens with zero attached hydrogens (tertiary/aromatic N) is 2. The number of phenols is 2. The highest BCUT2D eigenvalue weighted by Gasteiger charge is 2.06. The molecule has 0 aliphatic carbocycles. The number of hydrogen-bond donors (Lipinski definition) is 2. The van der Waals surface area contributed by atoms with Gasteiger partial charge in [-0.05, 0) is 33.3 Å². The van der Waals surface area contributed by atoms with Crippen molar-refractivity contribution in [1.29, 1.82) is 0 Å². The molecule has 0 aromatic heterocycles. The summed E-state index contributed by atoms with van der Waals surface area (Å²) in [6, 6.07) is 21.0. The smallest absolute Gasteiger partial charge is 0.157 e. The predicted molar refractivity (Wildman–Crippen MR) is 102 cm³/mol. The molecule has 0 saturated heterocycles. The molecule has 128 valence electrons. The molecule has 4 aromatic rings. The second-order valence-corrected chi connectivity index (χ2v) is 5.49. The molecule has 0 spiro atoms. The second-order valence-electron chi connectivity index (χ2n) is 5.49. The Morgan fingerprint density at radius 1 is 0.538 bits per heavy atom. The lowest BCUT2D eigenvalue weighted by Crippen LogP contribution is -1.73. The average molecular weight is 346 g/mol. The zero-order valence-corrected chi connectivity index (χ0v) is 13.5. The Morgan fingerprint density at radius 2 is 0.923 bits per heavy atom.